The number of rotatable bonds is 5. The molecule has 0 amide bonds. The standard InChI is InChI=1S/C11H13ClF3N3O4S3/c1-16-24(19,20)8-3-9-7(2-6(8)12)17-10(18-25(9,21)22)4-23-5-11(13,14)15/h2-3,10,16-18H,4-5H2,1H3. The van der Waals surface area contributed by atoms with Gasteiger partial charge in [-0.2, -0.15) is 17.9 Å². The summed E-state index contributed by atoms with van der Waals surface area (Å²) in [4.78, 5) is -0.782. The van der Waals surface area contributed by atoms with Gasteiger partial charge >= 0.3 is 6.18 Å². The molecule has 1 unspecified atom stereocenters. The smallest absolute Gasteiger partial charge is 0.367 e. The van der Waals surface area contributed by atoms with Crippen LogP contribution in [0.3, 0.4) is 0 Å². The highest BCUT2D eigenvalue weighted by Crippen LogP contribution is 2.34. The molecule has 0 saturated carbocycles. The van der Waals surface area contributed by atoms with Crippen LogP contribution in [0.2, 0.25) is 5.02 Å². The van der Waals surface area contributed by atoms with Crippen molar-refractivity contribution < 1.29 is 30.0 Å². The molecule has 0 fully saturated rings. The number of halogens is 4. The highest BCUT2D eigenvalue weighted by Gasteiger charge is 2.33. The normalized spacial score (nSPS) is 20.0. The molecule has 0 aromatic heterocycles. The van der Waals surface area contributed by atoms with Gasteiger partial charge in [0.05, 0.1) is 22.6 Å². The van der Waals surface area contributed by atoms with Gasteiger partial charge in [0, 0.05) is 5.75 Å². The number of benzene rings is 1. The molecule has 0 saturated heterocycles. The molecule has 14 heteroatoms. The van der Waals surface area contributed by atoms with Gasteiger partial charge in [-0.05, 0) is 19.2 Å². The molecule has 1 aromatic carbocycles. The summed E-state index contributed by atoms with van der Waals surface area (Å²) in [6.07, 6.45) is -5.36. The van der Waals surface area contributed by atoms with Crippen LogP contribution in [0.25, 0.3) is 0 Å². The molecule has 7 nitrogen and oxygen atoms in total. The Kier molecular flexibility index (Phi) is 5.86. The van der Waals surface area contributed by atoms with Gasteiger partial charge in [0.2, 0.25) is 20.0 Å². The maximum Gasteiger partial charge on any atom is 0.397 e. The number of hydrogen-bond donors (Lipinski definition) is 3. The molecule has 1 aromatic rings. The Morgan fingerprint density at radius 3 is 2.56 bits per heavy atom. The summed E-state index contributed by atoms with van der Waals surface area (Å²) in [6.45, 7) is 0. The molecular weight excluding hydrogens is 427 g/mol. The van der Waals surface area contributed by atoms with E-state index in [1.54, 1.807) is 0 Å². The first-order chi connectivity index (χ1) is 11.4. The topological polar surface area (TPSA) is 104 Å². The van der Waals surface area contributed by atoms with Crippen LogP contribution in [0.1, 0.15) is 0 Å². The van der Waals surface area contributed by atoms with Crippen LogP contribution in [0.4, 0.5) is 18.9 Å². The number of alkyl halides is 3. The number of sulfonamides is 2. The Morgan fingerprint density at radius 1 is 1.36 bits per heavy atom. The van der Waals surface area contributed by atoms with Crippen molar-refractivity contribution in [2.24, 2.45) is 0 Å². The highest BCUT2D eigenvalue weighted by molar-refractivity contribution is 7.99. The van der Waals surface area contributed by atoms with Crippen molar-refractivity contribution in [2.45, 2.75) is 22.1 Å². The third-order valence-corrected chi connectivity index (χ3v) is 7.55. The van der Waals surface area contributed by atoms with E-state index in [0.29, 0.717) is 11.8 Å². The molecule has 1 atom stereocenters. The zero-order chi connectivity index (χ0) is 19.0. The van der Waals surface area contributed by atoms with Crippen LogP contribution in [-0.4, -0.2) is 47.7 Å². The lowest BCUT2D eigenvalue weighted by molar-refractivity contribution is -0.105. The fourth-order valence-electron chi connectivity index (χ4n) is 2.02. The van der Waals surface area contributed by atoms with Crippen molar-refractivity contribution >= 4 is 49.1 Å². The van der Waals surface area contributed by atoms with E-state index in [0.717, 1.165) is 19.2 Å². The summed E-state index contributed by atoms with van der Waals surface area (Å²) >= 11 is 6.41. The lowest BCUT2D eigenvalue weighted by Crippen LogP contribution is -2.46. The van der Waals surface area contributed by atoms with Gasteiger partial charge < -0.3 is 5.32 Å². The van der Waals surface area contributed by atoms with E-state index in [1.165, 1.54) is 0 Å². The zero-order valence-corrected chi connectivity index (χ0v) is 15.7. The predicted octanol–water partition coefficient (Wildman–Crippen LogP) is 1.57. The SMILES string of the molecule is CNS(=O)(=O)c1cc2c(cc1Cl)NC(CSCC(F)(F)F)NS2(=O)=O. The van der Waals surface area contributed by atoms with Crippen molar-refractivity contribution in [3.05, 3.63) is 17.2 Å². The Balaban J connectivity index is 2.32. The molecule has 1 heterocycles. The van der Waals surface area contributed by atoms with Gasteiger partial charge in [-0.3, -0.25) is 0 Å². The second-order valence-corrected chi connectivity index (χ2v) is 9.91. The first-order valence-corrected chi connectivity index (χ1v) is 11.1. The fourth-order valence-corrected chi connectivity index (χ4v) is 5.55. The summed E-state index contributed by atoms with van der Waals surface area (Å²) in [5, 5.41) is 2.48. The molecule has 1 aliphatic heterocycles. The molecule has 3 N–H and O–H groups in total. The van der Waals surface area contributed by atoms with E-state index in [2.05, 4.69) is 10.0 Å². The number of nitrogens with one attached hydrogen (secondary N) is 3. The minimum absolute atomic E-state index is 0.0106. The molecule has 0 aliphatic carbocycles. The zero-order valence-electron chi connectivity index (χ0n) is 12.5. The van der Waals surface area contributed by atoms with Crippen LogP contribution >= 0.6 is 23.4 Å². The first kappa shape index (κ1) is 20.6. The molecule has 25 heavy (non-hydrogen) atoms. The minimum Gasteiger partial charge on any atom is -0.367 e. The van der Waals surface area contributed by atoms with Crippen molar-refractivity contribution in [3.63, 3.8) is 0 Å². The molecular formula is C11H13ClF3N3O4S3. The highest BCUT2D eigenvalue weighted by atomic mass is 35.5. The van der Waals surface area contributed by atoms with Gasteiger partial charge in [0.15, 0.2) is 0 Å². The number of hydrogen-bond acceptors (Lipinski definition) is 6. The molecule has 0 bridgehead atoms. The van der Waals surface area contributed by atoms with Gasteiger partial charge in [0.1, 0.15) is 9.79 Å². The molecule has 142 valence electrons. The lowest BCUT2D eigenvalue weighted by Gasteiger charge is -2.28. The molecule has 0 spiro atoms. The van der Waals surface area contributed by atoms with Crippen LogP contribution in [0, 0.1) is 0 Å². The van der Waals surface area contributed by atoms with Crippen molar-refractivity contribution in [2.75, 3.05) is 23.9 Å². The second kappa shape index (κ2) is 7.12. The quantitative estimate of drug-likeness (QED) is 0.643. The average Bonchev–Trinajstić information content (AvgIpc) is 2.44. The fraction of sp³-hybridized carbons (Fsp3) is 0.455. The maximum absolute atomic E-state index is 12.3. The van der Waals surface area contributed by atoms with Crippen molar-refractivity contribution in [1.82, 2.24) is 9.44 Å². The van der Waals surface area contributed by atoms with E-state index < -0.39 is 43.0 Å². The Morgan fingerprint density at radius 2 is 2.00 bits per heavy atom. The van der Waals surface area contributed by atoms with Crippen LogP contribution in [0.15, 0.2) is 21.9 Å². The number of thioether (sulfide) groups is 1. The lowest BCUT2D eigenvalue weighted by atomic mass is 10.3. The van der Waals surface area contributed by atoms with E-state index in [-0.39, 0.29) is 21.4 Å². The second-order valence-electron chi connectivity index (χ2n) is 4.93. The van der Waals surface area contributed by atoms with Crippen LogP contribution in [-0.2, 0) is 20.0 Å². The minimum atomic E-state index is -4.37. The Labute approximate surface area is 151 Å². The number of anilines is 1. The van der Waals surface area contributed by atoms with Crippen molar-refractivity contribution in [3.8, 4) is 0 Å². The monoisotopic (exact) mass is 439 g/mol. The number of fused-ring (bicyclic) bond motifs is 1. The summed E-state index contributed by atoms with van der Waals surface area (Å²) in [5.41, 5.74) is 0.0106. The molecule has 2 rings (SSSR count). The first-order valence-electron chi connectivity index (χ1n) is 6.56. The van der Waals surface area contributed by atoms with Crippen molar-refractivity contribution in [1.29, 1.82) is 0 Å². The molecule has 1 aliphatic rings. The summed E-state index contributed by atoms with van der Waals surface area (Å²) < 4.78 is 89.1. The van der Waals surface area contributed by atoms with Gasteiger partial charge in [-0.25, -0.2) is 21.6 Å². The predicted molar refractivity (Wildman–Crippen MR) is 88.8 cm³/mol. The van der Waals surface area contributed by atoms with Gasteiger partial charge in [-0.1, -0.05) is 11.6 Å². The van der Waals surface area contributed by atoms with E-state index in [4.69, 9.17) is 11.6 Å². The Bertz CT molecular complexity index is 875. The van der Waals surface area contributed by atoms with Gasteiger partial charge in [0.25, 0.3) is 0 Å². The largest absolute Gasteiger partial charge is 0.397 e. The van der Waals surface area contributed by atoms with Crippen LogP contribution in [0.5, 0.6) is 0 Å². The van der Waals surface area contributed by atoms with E-state index >= 15 is 0 Å². The third kappa shape index (κ3) is 4.92. The maximum atomic E-state index is 12.3. The molecule has 0 radical (unpaired) electrons. The van der Waals surface area contributed by atoms with Crippen LogP contribution < -0.4 is 14.8 Å². The summed E-state index contributed by atoms with van der Waals surface area (Å²) in [5.74, 6) is -1.31. The third-order valence-electron chi connectivity index (χ3n) is 3.06. The summed E-state index contributed by atoms with van der Waals surface area (Å²) in [6, 6.07) is 2.00. The van der Waals surface area contributed by atoms with Gasteiger partial charge in [-0.15, -0.1) is 11.8 Å². The van der Waals surface area contributed by atoms with E-state index in [1.807, 2.05) is 4.72 Å². The average molecular weight is 440 g/mol. The summed E-state index contributed by atoms with van der Waals surface area (Å²) in [7, 11) is -6.97. The Hall–Kier alpha value is -0.730. The van der Waals surface area contributed by atoms with E-state index in [9.17, 15) is 30.0 Å².